The third-order valence-electron chi connectivity index (χ3n) is 5.80. The second-order valence-electron chi connectivity index (χ2n) is 8.54. The van der Waals surface area contributed by atoms with Crippen LogP contribution in [0.5, 0.6) is 0 Å². The van der Waals surface area contributed by atoms with E-state index in [0.717, 1.165) is 40.8 Å². The molecule has 7 heteroatoms. The molecule has 0 radical (unpaired) electrons. The maximum atomic E-state index is 12.6. The number of aromatic nitrogens is 2. The fourth-order valence-electron chi connectivity index (χ4n) is 3.71. The van der Waals surface area contributed by atoms with Crippen molar-refractivity contribution < 1.29 is 9.59 Å². The molecule has 1 aromatic heterocycles. The number of carbonyl (C=O) groups excluding carboxylic acids is 2. The molecule has 3 aromatic carbocycles. The normalized spacial score (nSPS) is 13.0. The number of anilines is 3. The number of carbonyl (C=O) groups is 2. The Bertz CT molecular complexity index is 1320. The first kappa shape index (κ1) is 20.8. The predicted molar refractivity (Wildman–Crippen MR) is 131 cm³/mol. The van der Waals surface area contributed by atoms with E-state index in [1.165, 1.54) is 0 Å². The van der Waals surface area contributed by atoms with Crippen molar-refractivity contribution in [3.05, 3.63) is 78.5 Å². The van der Waals surface area contributed by atoms with Crippen molar-refractivity contribution in [3.8, 4) is 5.69 Å². The summed E-state index contributed by atoms with van der Waals surface area (Å²) >= 11 is 0. The molecule has 0 atom stereocenters. The average molecular weight is 440 g/mol. The minimum atomic E-state index is -0.157. The molecule has 0 spiro atoms. The molecule has 0 unspecified atom stereocenters. The third kappa shape index (κ3) is 4.43. The van der Waals surface area contributed by atoms with E-state index < -0.39 is 0 Å². The van der Waals surface area contributed by atoms with Gasteiger partial charge in [-0.15, -0.1) is 0 Å². The van der Waals surface area contributed by atoms with Crippen LogP contribution >= 0.6 is 0 Å². The summed E-state index contributed by atoms with van der Waals surface area (Å²) in [6, 6.07) is 20.8. The molecule has 0 aliphatic heterocycles. The van der Waals surface area contributed by atoms with E-state index in [2.05, 4.69) is 15.7 Å². The van der Waals surface area contributed by atoms with Gasteiger partial charge in [-0.05, 0) is 79.6 Å². The molecule has 33 heavy (non-hydrogen) atoms. The topological polar surface area (TPSA) is 79.3 Å². The number of nitrogens with one attached hydrogen (secondary N) is 2. The van der Waals surface area contributed by atoms with Crippen LogP contribution in [-0.4, -0.2) is 35.7 Å². The van der Waals surface area contributed by atoms with Gasteiger partial charge in [0.2, 0.25) is 5.91 Å². The predicted octanol–water partition coefficient (Wildman–Crippen LogP) is 4.69. The molecule has 166 valence electrons. The van der Waals surface area contributed by atoms with E-state index in [1.54, 1.807) is 6.20 Å². The Morgan fingerprint density at radius 1 is 0.909 bits per heavy atom. The number of fused-ring (bicyclic) bond motifs is 1. The Kier molecular flexibility index (Phi) is 5.30. The third-order valence-corrected chi connectivity index (χ3v) is 5.80. The molecule has 1 fully saturated rings. The Hall–Kier alpha value is -4.13. The summed E-state index contributed by atoms with van der Waals surface area (Å²) in [5, 5.41) is 11.3. The van der Waals surface area contributed by atoms with Gasteiger partial charge in [-0.25, -0.2) is 4.68 Å². The zero-order valence-corrected chi connectivity index (χ0v) is 18.6. The second-order valence-corrected chi connectivity index (χ2v) is 8.54. The quantitative estimate of drug-likeness (QED) is 0.457. The summed E-state index contributed by atoms with van der Waals surface area (Å²) in [4.78, 5) is 26.6. The first-order chi connectivity index (χ1) is 16.0. The molecular weight excluding hydrogens is 414 g/mol. The number of nitrogens with zero attached hydrogens (tertiary/aromatic N) is 3. The van der Waals surface area contributed by atoms with Crippen molar-refractivity contribution in [2.24, 2.45) is 5.92 Å². The Labute approximate surface area is 192 Å². The molecule has 2 amide bonds. The summed E-state index contributed by atoms with van der Waals surface area (Å²) in [5.74, 6) is 0.109. The fraction of sp³-hybridized carbons (Fsp3) is 0.192. The van der Waals surface area contributed by atoms with Gasteiger partial charge < -0.3 is 15.5 Å². The first-order valence-electron chi connectivity index (χ1n) is 11.0. The lowest BCUT2D eigenvalue weighted by molar-refractivity contribution is -0.117. The zero-order valence-electron chi connectivity index (χ0n) is 18.6. The van der Waals surface area contributed by atoms with Crippen LogP contribution in [0.15, 0.2) is 72.9 Å². The molecule has 1 aliphatic rings. The molecular formula is C26H25N5O2. The van der Waals surface area contributed by atoms with E-state index in [-0.39, 0.29) is 17.7 Å². The van der Waals surface area contributed by atoms with Gasteiger partial charge in [-0.3, -0.25) is 9.59 Å². The molecule has 4 aromatic rings. The van der Waals surface area contributed by atoms with Crippen molar-refractivity contribution in [2.75, 3.05) is 29.6 Å². The van der Waals surface area contributed by atoms with Gasteiger partial charge >= 0.3 is 0 Å². The molecule has 7 nitrogen and oxygen atoms in total. The number of rotatable bonds is 6. The van der Waals surface area contributed by atoms with Gasteiger partial charge in [0.25, 0.3) is 5.91 Å². The average Bonchev–Trinajstić information content (AvgIpc) is 3.60. The summed E-state index contributed by atoms with van der Waals surface area (Å²) in [5.41, 5.74) is 4.96. The highest BCUT2D eigenvalue weighted by molar-refractivity contribution is 6.05. The van der Waals surface area contributed by atoms with Crippen LogP contribution in [0.1, 0.15) is 23.2 Å². The lowest BCUT2D eigenvalue weighted by atomic mass is 10.1. The van der Waals surface area contributed by atoms with Crippen LogP contribution < -0.4 is 15.5 Å². The van der Waals surface area contributed by atoms with Crippen molar-refractivity contribution in [1.82, 2.24) is 9.78 Å². The van der Waals surface area contributed by atoms with E-state index >= 15 is 0 Å². The molecule has 1 aliphatic carbocycles. The second kappa shape index (κ2) is 8.43. The van der Waals surface area contributed by atoms with Gasteiger partial charge in [-0.2, -0.15) is 5.10 Å². The van der Waals surface area contributed by atoms with Crippen LogP contribution in [0, 0.1) is 5.92 Å². The van der Waals surface area contributed by atoms with Crippen LogP contribution in [-0.2, 0) is 4.79 Å². The fourth-order valence-corrected chi connectivity index (χ4v) is 3.71. The van der Waals surface area contributed by atoms with Gasteiger partial charge in [0.1, 0.15) is 0 Å². The van der Waals surface area contributed by atoms with Gasteiger partial charge in [0, 0.05) is 48.0 Å². The Morgan fingerprint density at radius 2 is 1.61 bits per heavy atom. The number of amides is 2. The largest absolute Gasteiger partial charge is 0.378 e. The number of hydrogen-bond acceptors (Lipinski definition) is 4. The maximum Gasteiger partial charge on any atom is 0.255 e. The van der Waals surface area contributed by atoms with Crippen molar-refractivity contribution in [1.29, 1.82) is 0 Å². The van der Waals surface area contributed by atoms with Crippen molar-refractivity contribution in [2.45, 2.75) is 12.8 Å². The monoisotopic (exact) mass is 439 g/mol. The zero-order chi connectivity index (χ0) is 22.9. The standard InChI is InChI=1S/C26H25N5O2/c1-30(2)22-10-5-18(6-11-22)26(33)29-21-9-14-24-19(15-21)16-27-31(24)23-12-7-20(8-13-23)28-25(32)17-3-4-17/h5-17H,3-4H2,1-2H3,(H,28,32)(H,29,33). The summed E-state index contributed by atoms with van der Waals surface area (Å²) < 4.78 is 1.84. The van der Waals surface area contributed by atoms with Crippen LogP contribution in [0.25, 0.3) is 16.6 Å². The maximum absolute atomic E-state index is 12.6. The SMILES string of the molecule is CN(C)c1ccc(C(=O)Nc2ccc3c(cnn3-c3ccc(NC(=O)C4CC4)cc3)c2)cc1. The molecule has 5 rings (SSSR count). The number of hydrogen-bond donors (Lipinski definition) is 2. The molecule has 0 saturated heterocycles. The van der Waals surface area contributed by atoms with E-state index in [4.69, 9.17) is 0 Å². The summed E-state index contributed by atoms with van der Waals surface area (Å²) in [7, 11) is 3.93. The lowest BCUT2D eigenvalue weighted by Gasteiger charge is -2.12. The van der Waals surface area contributed by atoms with Gasteiger partial charge in [0.15, 0.2) is 0 Å². The van der Waals surface area contributed by atoms with Crippen LogP contribution in [0.3, 0.4) is 0 Å². The highest BCUT2D eigenvalue weighted by atomic mass is 16.2. The molecule has 1 saturated carbocycles. The molecule has 2 N–H and O–H groups in total. The van der Waals surface area contributed by atoms with Crippen LogP contribution in [0.4, 0.5) is 17.1 Å². The van der Waals surface area contributed by atoms with Crippen molar-refractivity contribution >= 4 is 39.8 Å². The molecule has 0 bridgehead atoms. The van der Waals surface area contributed by atoms with E-state index in [9.17, 15) is 9.59 Å². The van der Waals surface area contributed by atoms with E-state index in [1.807, 2.05) is 90.4 Å². The Balaban J connectivity index is 1.31. The Morgan fingerprint density at radius 3 is 2.27 bits per heavy atom. The van der Waals surface area contributed by atoms with Gasteiger partial charge in [0.05, 0.1) is 17.4 Å². The summed E-state index contributed by atoms with van der Waals surface area (Å²) in [6.45, 7) is 0. The number of benzene rings is 3. The highest BCUT2D eigenvalue weighted by Gasteiger charge is 2.29. The minimum absolute atomic E-state index is 0.0931. The lowest BCUT2D eigenvalue weighted by Crippen LogP contribution is -2.13. The van der Waals surface area contributed by atoms with Crippen LogP contribution in [0.2, 0.25) is 0 Å². The minimum Gasteiger partial charge on any atom is -0.378 e. The van der Waals surface area contributed by atoms with Crippen molar-refractivity contribution in [3.63, 3.8) is 0 Å². The smallest absolute Gasteiger partial charge is 0.255 e. The molecule has 1 heterocycles. The van der Waals surface area contributed by atoms with E-state index in [0.29, 0.717) is 11.3 Å². The van der Waals surface area contributed by atoms with Gasteiger partial charge in [-0.1, -0.05) is 0 Å². The highest BCUT2D eigenvalue weighted by Crippen LogP contribution is 2.30. The first-order valence-corrected chi connectivity index (χ1v) is 11.0. The summed E-state index contributed by atoms with van der Waals surface area (Å²) in [6.07, 6.45) is 3.74.